The van der Waals surface area contributed by atoms with Gasteiger partial charge in [0.25, 0.3) is 0 Å². The van der Waals surface area contributed by atoms with Gasteiger partial charge in [-0.3, -0.25) is 0 Å². The molecule has 0 spiro atoms. The van der Waals surface area contributed by atoms with Crippen LogP contribution in [0.15, 0.2) is 103 Å². The fourth-order valence-electron chi connectivity index (χ4n) is 4.28. The van der Waals surface area contributed by atoms with Crippen molar-refractivity contribution < 1.29 is 0 Å². The van der Waals surface area contributed by atoms with Crippen LogP contribution in [-0.4, -0.2) is 0 Å². The summed E-state index contributed by atoms with van der Waals surface area (Å²) >= 11 is 8.05. The maximum atomic E-state index is 6.18. The minimum atomic E-state index is 0.763. The van der Waals surface area contributed by atoms with Gasteiger partial charge in [-0.15, -0.1) is 11.3 Å². The Morgan fingerprint density at radius 2 is 1.23 bits per heavy atom. The van der Waals surface area contributed by atoms with E-state index in [1.807, 2.05) is 29.5 Å². The Hall–Kier alpha value is -3.13. The average Bonchev–Trinajstić information content (AvgIpc) is 3.17. The van der Waals surface area contributed by atoms with E-state index in [4.69, 9.17) is 11.6 Å². The molecule has 0 aliphatic carbocycles. The van der Waals surface area contributed by atoms with Crippen molar-refractivity contribution in [1.82, 2.24) is 0 Å². The van der Waals surface area contributed by atoms with E-state index in [2.05, 4.69) is 84.9 Å². The quantitative estimate of drug-likeness (QED) is 0.262. The summed E-state index contributed by atoms with van der Waals surface area (Å²) in [4.78, 5) is 0. The van der Waals surface area contributed by atoms with Crippen LogP contribution >= 0.6 is 22.9 Å². The molecule has 0 N–H and O–H groups in total. The molecule has 6 rings (SSSR count). The number of hydrogen-bond acceptors (Lipinski definition) is 1. The standard InChI is InChI=1S/C28H17ClS/c29-23-6-3-5-18(17-23)19-11-12-21-16-22(14-13-20(21)15-19)24-8-4-10-27-28(24)25-7-1-2-9-26(25)30-27/h1-17H. The zero-order valence-electron chi connectivity index (χ0n) is 16.1. The Morgan fingerprint density at radius 3 is 2.10 bits per heavy atom. The number of benzene rings is 5. The fraction of sp³-hybridized carbons (Fsp3) is 0. The minimum absolute atomic E-state index is 0.763. The van der Waals surface area contributed by atoms with Crippen molar-refractivity contribution in [2.75, 3.05) is 0 Å². The maximum Gasteiger partial charge on any atom is 0.0412 e. The molecule has 2 heteroatoms. The lowest BCUT2D eigenvalue weighted by molar-refractivity contribution is 1.64. The molecule has 30 heavy (non-hydrogen) atoms. The molecule has 0 aliphatic heterocycles. The average molecular weight is 421 g/mol. The van der Waals surface area contributed by atoms with Crippen LogP contribution in [0.1, 0.15) is 0 Å². The summed E-state index contributed by atoms with van der Waals surface area (Å²) in [5.74, 6) is 0. The largest absolute Gasteiger partial charge is 0.135 e. The topological polar surface area (TPSA) is 0 Å². The smallest absolute Gasteiger partial charge is 0.0412 e. The first-order valence-electron chi connectivity index (χ1n) is 9.97. The van der Waals surface area contributed by atoms with Gasteiger partial charge < -0.3 is 0 Å². The molecule has 0 unspecified atom stereocenters. The number of halogens is 1. The van der Waals surface area contributed by atoms with Crippen LogP contribution in [0.25, 0.3) is 53.2 Å². The second kappa shape index (κ2) is 6.98. The van der Waals surface area contributed by atoms with Crippen LogP contribution in [0.4, 0.5) is 0 Å². The van der Waals surface area contributed by atoms with E-state index < -0.39 is 0 Å². The van der Waals surface area contributed by atoms with Crippen molar-refractivity contribution in [3.8, 4) is 22.3 Å². The van der Waals surface area contributed by atoms with E-state index in [0.717, 1.165) is 10.6 Å². The summed E-state index contributed by atoms with van der Waals surface area (Å²) < 4.78 is 2.68. The number of rotatable bonds is 2. The molecule has 0 nitrogen and oxygen atoms in total. The van der Waals surface area contributed by atoms with Gasteiger partial charge in [0, 0.05) is 25.2 Å². The molecule has 0 saturated carbocycles. The Bertz CT molecular complexity index is 1560. The summed E-state index contributed by atoms with van der Waals surface area (Å²) in [5.41, 5.74) is 4.88. The van der Waals surface area contributed by atoms with Crippen LogP contribution in [0.2, 0.25) is 5.02 Å². The first-order chi connectivity index (χ1) is 14.8. The monoisotopic (exact) mass is 420 g/mol. The summed E-state index contributed by atoms with van der Waals surface area (Å²) in [5, 5.41) is 5.94. The van der Waals surface area contributed by atoms with Gasteiger partial charge in [-0.2, -0.15) is 0 Å². The van der Waals surface area contributed by atoms with E-state index in [1.165, 1.54) is 47.6 Å². The Balaban J connectivity index is 1.52. The SMILES string of the molecule is Clc1cccc(-c2ccc3cc(-c4cccc5sc6ccccc6c45)ccc3c2)c1. The molecule has 0 atom stereocenters. The zero-order valence-corrected chi connectivity index (χ0v) is 17.7. The lowest BCUT2D eigenvalue weighted by atomic mass is 9.95. The van der Waals surface area contributed by atoms with Crippen molar-refractivity contribution in [3.63, 3.8) is 0 Å². The Labute approximate surface area is 184 Å². The van der Waals surface area contributed by atoms with Crippen LogP contribution in [0.3, 0.4) is 0 Å². The van der Waals surface area contributed by atoms with Crippen LogP contribution in [-0.2, 0) is 0 Å². The van der Waals surface area contributed by atoms with Gasteiger partial charge in [0.2, 0.25) is 0 Å². The van der Waals surface area contributed by atoms with E-state index >= 15 is 0 Å². The van der Waals surface area contributed by atoms with Crippen LogP contribution < -0.4 is 0 Å². The fourth-order valence-corrected chi connectivity index (χ4v) is 5.60. The molecule has 0 fully saturated rings. The lowest BCUT2D eigenvalue weighted by Crippen LogP contribution is -1.83. The first-order valence-corrected chi connectivity index (χ1v) is 11.2. The van der Waals surface area contributed by atoms with Gasteiger partial charge in [-0.1, -0.05) is 78.3 Å². The van der Waals surface area contributed by atoms with Crippen molar-refractivity contribution >= 4 is 53.9 Å². The minimum Gasteiger partial charge on any atom is -0.135 e. The molecule has 6 aromatic rings. The summed E-state index contributed by atoms with van der Waals surface area (Å²) in [6.07, 6.45) is 0. The van der Waals surface area contributed by atoms with E-state index in [-0.39, 0.29) is 0 Å². The predicted octanol–water partition coefficient (Wildman–Crippen LogP) is 9.20. The molecule has 1 heterocycles. The molecular weight excluding hydrogens is 404 g/mol. The Morgan fingerprint density at radius 1 is 0.533 bits per heavy atom. The van der Waals surface area contributed by atoms with Crippen LogP contribution in [0, 0.1) is 0 Å². The zero-order chi connectivity index (χ0) is 20.1. The van der Waals surface area contributed by atoms with Crippen LogP contribution in [0.5, 0.6) is 0 Å². The third-order valence-corrected chi connectivity index (χ3v) is 7.08. The number of hydrogen-bond donors (Lipinski definition) is 0. The number of fused-ring (bicyclic) bond motifs is 4. The molecule has 0 bridgehead atoms. The van der Waals surface area contributed by atoms with E-state index in [1.54, 1.807) is 0 Å². The van der Waals surface area contributed by atoms with Gasteiger partial charge in [0.1, 0.15) is 0 Å². The normalized spacial score (nSPS) is 11.5. The highest BCUT2D eigenvalue weighted by molar-refractivity contribution is 7.25. The molecule has 142 valence electrons. The van der Waals surface area contributed by atoms with Crippen molar-refractivity contribution in [2.24, 2.45) is 0 Å². The molecular formula is C28H17ClS. The molecule has 0 saturated heterocycles. The van der Waals surface area contributed by atoms with E-state index in [9.17, 15) is 0 Å². The third kappa shape index (κ3) is 2.90. The maximum absolute atomic E-state index is 6.18. The molecule has 0 radical (unpaired) electrons. The molecule has 0 aliphatic rings. The first kappa shape index (κ1) is 17.7. The highest BCUT2D eigenvalue weighted by atomic mass is 35.5. The Kier molecular flexibility index (Phi) is 4.12. The second-order valence-corrected chi connectivity index (χ2v) is 9.08. The van der Waals surface area contributed by atoms with Gasteiger partial charge >= 0.3 is 0 Å². The van der Waals surface area contributed by atoms with Crippen molar-refractivity contribution in [1.29, 1.82) is 0 Å². The highest BCUT2D eigenvalue weighted by Crippen LogP contribution is 2.40. The number of thiophene rings is 1. The van der Waals surface area contributed by atoms with Gasteiger partial charge in [0.15, 0.2) is 0 Å². The predicted molar refractivity (Wildman–Crippen MR) is 133 cm³/mol. The summed E-state index contributed by atoms with van der Waals surface area (Å²) in [6, 6.07) is 36.7. The molecule has 5 aromatic carbocycles. The van der Waals surface area contributed by atoms with E-state index in [0.29, 0.717) is 0 Å². The summed E-state index contributed by atoms with van der Waals surface area (Å²) in [7, 11) is 0. The lowest BCUT2D eigenvalue weighted by Gasteiger charge is -2.09. The molecule has 0 amide bonds. The second-order valence-electron chi connectivity index (χ2n) is 7.56. The molecule has 1 aromatic heterocycles. The van der Waals surface area contributed by atoms with Gasteiger partial charge in [-0.25, -0.2) is 0 Å². The third-order valence-electron chi connectivity index (χ3n) is 5.71. The van der Waals surface area contributed by atoms with Crippen molar-refractivity contribution in [2.45, 2.75) is 0 Å². The summed E-state index contributed by atoms with van der Waals surface area (Å²) in [6.45, 7) is 0. The van der Waals surface area contributed by atoms with Crippen molar-refractivity contribution in [3.05, 3.63) is 108 Å². The van der Waals surface area contributed by atoms with Gasteiger partial charge in [-0.05, 0) is 69.4 Å². The highest BCUT2D eigenvalue weighted by Gasteiger charge is 2.11. The van der Waals surface area contributed by atoms with Gasteiger partial charge in [0.05, 0.1) is 0 Å².